The van der Waals surface area contributed by atoms with E-state index in [1.165, 1.54) is 18.2 Å². The molecule has 0 aliphatic heterocycles. The monoisotopic (exact) mass is 254 g/mol. The van der Waals surface area contributed by atoms with Gasteiger partial charge in [0.05, 0.1) is 13.0 Å². The standard InChI is InChI=1S/C17H18O2/c1-13(17(18)19-2)12-14-8-10-16(11-9-14)15-6-4-3-5-7-15/h3-11,13H,12H2,1-2H3/t13-/m1/s1. The molecule has 0 N–H and O–H groups in total. The molecule has 0 radical (unpaired) electrons. The summed E-state index contributed by atoms with van der Waals surface area (Å²) in [7, 11) is 1.43. The molecule has 0 bridgehead atoms. The molecule has 0 aromatic heterocycles. The molecule has 0 amide bonds. The van der Waals surface area contributed by atoms with Crippen LogP contribution in [0.1, 0.15) is 12.5 Å². The van der Waals surface area contributed by atoms with Gasteiger partial charge in [-0.15, -0.1) is 0 Å². The summed E-state index contributed by atoms with van der Waals surface area (Å²) in [6, 6.07) is 18.6. The summed E-state index contributed by atoms with van der Waals surface area (Å²) in [5, 5.41) is 0. The first-order valence-electron chi connectivity index (χ1n) is 6.43. The molecule has 0 saturated carbocycles. The van der Waals surface area contributed by atoms with E-state index in [0.717, 1.165) is 5.56 Å². The molecule has 0 aliphatic rings. The van der Waals surface area contributed by atoms with Gasteiger partial charge in [-0.25, -0.2) is 0 Å². The van der Waals surface area contributed by atoms with Crippen molar-refractivity contribution in [2.45, 2.75) is 13.3 Å². The first kappa shape index (κ1) is 13.3. The van der Waals surface area contributed by atoms with Crippen LogP contribution in [-0.4, -0.2) is 13.1 Å². The fourth-order valence-electron chi connectivity index (χ4n) is 2.10. The second kappa shape index (κ2) is 6.19. The Morgan fingerprint density at radius 3 is 2.16 bits per heavy atom. The van der Waals surface area contributed by atoms with Crippen molar-refractivity contribution in [1.82, 2.24) is 0 Å². The third-order valence-corrected chi connectivity index (χ3v) is 3.21. The fourth-order valence-corrected chi connectivity index (χ4v) is 2.10. The lowest BCUT2D eigenvalue weighted by Crippen LogP contribution is -2.14. The quantitative estimate of drug-likeness (QED) is 0.777. The second-order valence-corrected chi connectivity index (χ2v) is 4.69. The number of hydrogen-bond acceptors (Lipinski definition) is 2. The molecule has 0 unspecified atom stereocenters. The van der Waals surface area contributed by atoms with Gasteiger partial charge in [-0.1, -0.05) is 61.5 Å². The average molecular weight is 254 g/mol. The van der Waals surface area contributed by atoms with Crippen molar-refractivity contribution in [3.63, 3.8) is 0 Å². The molecule has 2 nitrogen and oxygen atoms in total. The zero-order valence-electron chi connectivity index (χ0n) is 11.3. The maximum absolute atomic E-state index is 11.4. The lowest BCUT2D eigenvalue weighted by molar-refractivity contribution is -0.144. The topological polar surface area (TPSA) is 26.3 Å². The van der Waals surface area contributed by atoms with E-state index in [9.17, 15) is 4.79 Å². The van der Waals surface area contributed by atoms with E-state index >= 15 is 0 Å². The third kappa shape index (κ3) is 3.44. The highest BCUT2D eigenvalue weighted by molar-refractivity contribution is 5.72. The van der Waals surface area contributed by atoms with Gasteiger partial charge in [-0.05, 0) is 23.1 Å². The van der Waals surface area contributed by atoms with Gasteiger partial charge in [0, 0.05) is 0 Å². The molecule has 2 heteroatoms. The first-order valence-corrected chi connectivity index (χ1v) is 6.43. The minimum atomic E-state index is -0.160. The molecule has 0 fully saturated rings. The first-order chi connectivity index (χ1) is 9.20. The fraction of sp³-hybridized carbons (Fsp3) is 0.235. The maximum atomic E-state index is 11.4. The van der Waals surface area contributed by atoms with E-state index in [4.69, 9.17) is 4.74 Å². The Morgan fingerprint density at radius 1 is 1.00 bits per heavy atom. The summed E-state index contributed by atoms with van der Waals surface area (Å²) in [6.07, 6.45) is 0.710. The summed E-state index contributed by atoms with van der Waals surface area (Å²) in [6.45, 7) is 1.89. The molecule has 98 valence electrons. The van der Waals surface area contributed by atoms with Gasteiger partial charge < -0.3 is 4.74 Å². The minimum Gasteiger partial charge on any atom is -0.469 e. The number of benzene rings is 2. The predicted octanol–water partition coefficient (Wildman–Crippen LogP) is 3.71. The number of methoxy groups -OCH3 is 1. The number of esters is 1. The van der Waals surface area contributed by atoms with Crippen molar-refractivity contribution in [2.24, 2.45) is 5.92 Å². The molecule has 2 aromatic rings. The Morgan fingerprint density at radius 2 is 1.58 bits per heavy atom. The van der Waals surface area contributed by atoms with E-state index in [1.54, 1.807) is 0 Å². The van der Waals surface area contributed by atoms with Crippen LogP contribution in [0.25, 0.3) is 11.1 Å². The van der Waals surface area contributed by atoms with Crippen molar-refractivity contribution < 1.29 is 9.53 Å². The van der Waals surface area contributed by atoms with E-state index in [2.05, 4.69) is 36.4 Å². The molecule has 0 heterocycles. The van der Waals surface area contributed by atoms with Crippen LogP contribution in [0.5, 0.6) is 0 Å². The summed E-state index contributed by atoms with van der Waals surface area (Å²) in [5.74, 6) is -0.264. The lowest BCUT2D eigenvalue weighted by atomic mass is 9.98. The number of rotatable bonds is 4. The smallest absolute Gasteiger partial charge is 0.308 e. The van der Waals surface area contributed by atoms with Crippen LogP contribution in [0, 0.1) is 5.92 Å². The van der Waals surface area contributed by atoms with Gasteiger partial charge in [-0.2, -0.15) is 0 Å². The normalized spacial score (nSPS) is 11.9. The highest BCUT2D eigenvalue weighted by atomic mass is 16.5. The van der Waals surface area contributed by atoms with Crippen LogP contribution in [0.3, 0.4) is 0 Å². The molecule has 19 heavy (non-hydrogen) atoms. The SMILES string of the molecule is COC(=O)[C@H](C)Cc1ccc(-c2ccccc2)cc1. The minimum absolute atomic E-state index is 0.104. The van der Waals surface area contributed by atoms with Crippen LogP contribution in [0.15, 0.2) is 54.6 Å². The lowest BCUT2D eigenvalue weighted by Gasteiger charge is -2.09. The van der Waals surface area contributed by atoms with Gasteiger partial charge in [0.15, 0.2) is 0 Å². The summed E-state index contributed by atoms with van der Waals surface area (Å²) in [5.41, 5.74) is 3.54. The van der Waals surface area contributed by atoms with E-state index in [1.807, 2.05) is 25.1 Å². The van der Waals surface area contributed by atoms with Gasteiger partial charge in [0.2, 0.25) is 0 Å². The number of ether oxygens (including phenoxy) is 1. The highest BCUT2D eigenvalue weighted by Gasteiger charge is 2.13. The Balaban J connectivity index is 2.09. The number of carbonyl (C=O) groups excluding carboxylic acids is 1. The van der Waals surface area contributed by atoms with Crippen molar-refractivity contribution in [1.29, 1.82) is 0 Å². The van der Waals surface area contributed by atoms with E-state index in [-0.39, 0.29) is 11.9 Å². The maximum Gasteiger partial charge on any atom is 0.308 e. The van der Waals surface area contributed by atoms with Crippen molar-refractivity contribution >= 4 is 5.97 Å². The highest BCUT2D eigenvalue weighted by Crippen LogP contribution is 2.20. The Hall–Kier alpha value is -2.09. The summed E-state index contributed by atoms with van der Waals surface area (Å²) < 4.78 is 4.74. The predicted molar refractivity (Wildman–Crippen MR) is 76.8 cm³/mol. The average Bonchev–Trinajstić information content (AvgIpc) is 2.48. The van der Waals surface area contributed by atoms with E-state index in [0.29, 0.717) is 6.42 Å². The molecule has 0 saturated heterocycles. The Labute approximate surface area is 114 Å². The number of carbonyl (C=O) groups is 1. The van der Waals surface area contributed by atoms with Crippen LogP contribution >= 0.6 is 0 Å². The zero-order valence-corrected chi connectivity index (χ0v) is 11.3. The molecular weight excluding hydrogens is 236 g/mol. The van der Waals surface area contributed by atoms with Crippen LogP contribution in [0.4, 0.5) is 0 Å². The molecular formula is C17H18O2. The van der Waals surface area contributed by atoms with Crippen LogP contribution in [-0.2, 0) is 16.0 Å². The Bertz CT molecular complexity index is 529. The zero-order chi connectivity index (χ0) is 13.7. The Kier molecular flexibility index (Phi) is 4.35. The van der Waals surface area contributed by atoms with Crippen molar-refractivity contribution in [3.05, 3.63) is 60.2 Å². The van der Waals surface area contributed by atoms with E-state index < -0.39 is 0 Å². The van der Waals surface area contributed by atoms with Gasteiger partial charge >= 0.3 is 5.97 Å². The third-order valence-electron chi connectivity index (χ3n) is 3.21. The molecule has 1 atom stereocenters. The number of hydrogen-bond donors (Lipinski definition) is 0. The second-order valence-electron chi connectivity index (χ2n) is 4.69. The largest absolute Gasteiger partial charge is 0.469 e. The van der Waals surface area contributed by atoms with Gasteiger partial charge in [-0.3, -0.25) is 4.79 Å². The van der Waals surface area contributed by atoms with Gasteiger partial charge in [0.1, 0.15) is 0 Å². The van der Waals surface area contributed by atoms with Crippen LogP contribution < -0.4 is 0 Å². The molecule has 0 spiro atoms. The molecule has 2 aromatic carbocycles. The van der Waals surface area contributed by atoms with Crippen molar-refractivity contribution in [3.8, 4) is 11.1 Å². The summed E-state index contributed by atoms with van der Waals surface area (Å²) >= 11 is 0. The summed E-state index contributed by atoms with van der Waals surface area (Å²) in [4.78, 5) is 11.4. The van der Waals surface area contributed by atoms with Crippen LogP contribution in [0.2, 0.25) is 0 Å². The molecule has 2 rings (SSSR count). The van der Waals surface area contributed by atoms with Crippen molar-refractivity contribution in [2.75, 3.05) is 7.11 Å². The van der Waals surface area contributed by atoms with Gasteiger partial charge in [0.25, 0.3) is 0 Å². The molecule has 0 aliphatic carbocycles.